The van der Waals surface area contributed by atoms with E-state index in [-0.39, 0.29) is 0 Å². The van der Waals surface area contributed by atoms with E-state index < -0.39 is 0 Å². The molecule has 0 aromatic rings. The van der Waals surface area contributed by atoms with Crippen LogP contribution < -0.4 is 0 Å². The van der Waals surface area contributed by atoms with Crippen LogP contribution in [0, 0.1) is 17.3 Å². The molecule has 0 radical (unpaired) electrons. The van der Waals surface area contributed by atoms with Crippen molar-refractivity contribution in [2.24, 2.45) is 17.3 Å². The molecule has 1 nitrogen and oxygen atoms in total. The predicted octanol–water partition coefficient (Wildman–Crippen LogP) is 3.24. The van der Waals surface area contributed by atoms with Gasteiger partial charge in [-0.25, -0.2) is 0 Å². The van der Waals surface area contributed by atoms with Crippen LogP contribution in [0.25, 0.3) is 0 Å². The largest absolute Gasteiger partial charge is 0.378 e. The van der Waals surface area contributed by atoms with Crippen molar-refractivity contribution < 1.29 is 4.74 Å². The molecular formula is C12H22O. The highest BCUT2D eigenvalue weighted by Gasteiger charge is 2.42. The van der Waals surface area contributed by atoms with E-state index in [0.717, 1.165) is 18.4 Å². The lowest BCUT2D eigenvalue weighted by molar-refractivity contribution is 0.0122. The first-order valence-corrected chi connectivity index (χ1v) is 5.76. The number of hydrogen-bond acceptors (Lipinski definition) is 1. The minimum atomic E-state index is 0.575. The first-order chi connectivity index (χ1) is 6.14. The zero-order chi connectivity index (χ0) is 9.47. The Morgan fingerprint density at radius 2 is 2.23 bits per heavy atom. The molecule has 3 unspecified atom stereocenters. The van der Waals surface area contributed by atoms with Gasteiger partial charge in [0.1, 0.15) is 0 Å². The van der Waals surface area contributed by atoms with Crippen molar-refractivity contribution in [2.45, 2.75) is 52.6 Å². The van der Waals surface area contributed by atoms with Crippen LogP contribution in [-0.2, 0) is 4.74 Å². The van der Waals surface area contributed by atoms with Gasteiger partial charge < -0.3 is 4.74 Å². The average Bonchev–Trinajstić information content (AvgIpc) is 2.47. The SMILES string of the molecule is CC[C@]1(C)CCC2C(C)COC2C1. The highest BCUT2D eigenvalue weighted by atomic mass is 16.5. The maximum atomic E-state index is 5.87. The van der Waals surface area contributed by atoms with E-state index in [0.29, 0.717) is 11.5 Å². The Bertz CT molecular complexity index is 190. The smallest absolute Gasteiger partial charge is 0.0612 e. The molecule has 0 amide bonds. The van der Waals surface area contributed by atoms with E-state index in [9.17, 15) is 0 Å². The zero-order valence-corrected chi connectivity index (χ0v) is 9.18. The molecule has 1 aliphatic heterocycles. The van der Waals surface area contributed by atoms with E-state index in [1.165, 1.54) is 25.7 Å². The third-order valence-corrected chi connectivity index (χ3v) is 4.41. The number of rotatable bonds is 1. The molecule has 0 N–H and O–H groups in total. The van der Waals surface area contributed by atoms with Crippen LogP contribution in [0.4, 0.5) is 0 Å². The number of hydrogen-bond donors (Lipinski definition) is 0. The monoisotopic (exact) mass is 182 g/mol. The molecule has 1 saturated carbocycles. The molecule has 0 aromatic carbocycles. The zero-order valence-electron chi connectivity index (χ0n) is 9.18. The summed E-state index contributed by atoms with van der Waals surface area (Å²) in [6, 6.07) is 0. The van der Waals surface area contributed by atoms with Gasteiger partial charge in [-0.15, -0.1) is 0 Å². The van der Waals surface area contributed by atoms with Crippen molar-refractivity contribution >= 4 is 0 Å². The number of ether oxygens (including phenoxy) is 1. The summed E-state index contributed by atoms with van der Waals surface area (Å²) in [6.07, 6.45) is 6.02. The fraction of sp³-hybridized carbons (Fsp3) is 1.00. The normalized spacial score (nSPS) is 50.5. The van der Waals surface area contributed by atoms with Crippen LogP contribution >= 0.6 is 0 Å². The Balaban J connectivity index is 2.03. The van der Waals surface area contributed by atoms with Crippen molar-refractivity contribution in [3.05, 3.63) is 0 Å². The second-order valence-electron chi connectivity index (χ2n) is 5.42. The lowest BCUT2D eigenvalue weighted by Crippen LogP contribution is -2.34. The van der Waals surface area contributed by atoms with E-state index in [1.54, 1.807) is 0 Å². The predicted molar refractivity (Wildman–Crippen MR) is 54.6 cm³/mol. The quantitative estimate of drug-likeness (QED) is 0.605. The molecule has 1 heteroatoms. The average molecular weight is 182 g/mol. The lowest BCUT2D eigenvalue weighted by atomic mass is 9.67. The molecule has 2 aliphatic rings. The van der Waals surface area contributed by atoms with Gasteiger partial charge in [0.15, 0.2) is 0 Å². The minimum absolute atomic E-state index is 0.575. The minimum Gasteiger partial charge on any atom is -0.378 e. The maximum Gasteiger partial charge on any atom is 0.0612 e. The van der Waals surface area contributed by atoms with Gasteiger partial charge in [0, 0.05) is 6.61 Å². The third kappa shape index (κ3) is 1.63. The molecule has 2 rings (SSSR count). The molecule has 76 valence electrons. The Morgan fingerprint density at radius 3 is 2.92 bits per heavy atom. The van der Waals surface area contributed by atoms with E-state index >= 15 is 0 Å². The first kappa shape index (κ1) is 9.51. The molecular weight excluding hydrogens is 160 g/mol. The van der Waals surface area contributed by atoms with Crippen LogP contribution in [0.15, 0.2) is 0 Å². The van der Waals surface area contributed by atoms with Gasteiger partial charge in [0.25, 0.3) is 0 Å². The fourth-order valence-corrected chi connectivity index (χ4v) is 2.99. The van der Waals surface area contributed by atoms with Crippen LogP contribution in [-0.4, -0.2) is 12.7 Å². The molecule has 0 aromatic heterocycles. The lowest BCUT2D eigenvalue weighted by Gasteiger charge is -2.39. The summed E-state index contributed by atoms with van der Waals surface area (Å²) < 4.78 is 5.87. The van der Waals surface area contributed by atoms with Crippen LogP contribution in [0.1, 0.15) is 46.5 Å². The highest BCUT2D eigenvalue weighted by Crippen LogP contribution is 2.47. The highest BCUT2D eigenvalue weighted by molar-refractivity contribution is 4.92. The van der Waals surface area contributed by atoms with E-state index in [2.05, 4.69) is 20.8 Å². The van der Waals surface area contributed by atoms with Crippen molar-refractivity contribution in [1.29, 1.82) is 0 Å². The first-order valence-electron chi connectivity index (χ1n) is 5.76. The molecule has 1 saturated heterocycles. The molecule has 2 fully saturated rings. The van der Waals surface area contributed by atoms with Crippen molar-refractivity contribution in [3.63, 3.8) is 0 Å². The number of fused-ring (bicyclic) bond motifs is 1. The summed E-state index contributed by atoms with van der Waals surface area (Å²) in [6.45, 7) is 8.10. The van der Waals surface area contributed by atoms with Gasteiger partial charge in [0.2, 0.25) is 0 Å². The van der Waals surface area contributed by atoms with E-state index in [4.69, 9.17) is 4.74 Å². The second kappa shape index (κ2) is 3.27. The van der Waals surface area contributed by atoms with Crippen LogP contribution in [0.5, 0.6) is 0 Å². The molecule has 0 spiro atoms. The van der Waals surface area contributed by atoms with Gasteiger partial charge in [-0.3, -0.25) is 0 Å². The van der Waals surface area contributed by atoms with Gasteiger partial charge in [0.05, 0.1) is 6.10 Å². The standard InChI is InChI=1S/C12H22O/c1-4-12(3)6-5-10-9(2)8-13-11(10)7-12/h9-11H,4-8H2,1-3H3/t9?,10?,11?,12-/m1/s1. The Hall–Kier alpha value is -0.0400. The second-order valence-corrected chi connectivity index (χ2v) is 5.42. The van der Waals surface area contributed by atoms with Crippen LogP contribution in [0.3, 0.4) is 0 Å². The summed E-state index contributed by atoms with van der Waals surface area (Å²) >= 11 is 0. The molecule has 4 atom stereocenters. The van der Waals surface area contributed by atoms with Crippen molar-refractivity contribution in [2.75, 3.05) is 6.61 Å². The summed E-state index contributed by atoms with van der Waals surface area (Å²) in [5, 5.41) is 0. The molecule has 1 aliphatic carbocycles. The van der Waals surface area contributed by atoms with Crippen molar-refractivity contribution in [3.8, 4) is 0 Å². The Kier molecular flexibility index (Phi) is 2.39. The summed E-state index contributed by atoms with van der Waals surface area (Å²) in [5.41, 5.74) is 0.575. The molecule has 1 heterocycles. The van der Waals surface area contributed by atoms with Gasteiger partial charge in [-0.1, -0.05) is 27.2 Å². The van der Waals surface area contributed by atoms with Crippen molar-refractivity contribution in [1.82, 2.24) is 0 Å². The third-order valence-electron chi connectivity index (χ3n) is 4.41. The van der Waals surface area contributed by atoms with Crippen LogP contribution in [0.2, 0.25) is 0 Å². The molecule has 0 bridgehead atoms. The van der Waals surface area contributed by atoms with Gasteiger partial charge in [-0.2, -0.15) is 0 Å². The Labute approximate surface area is 81.9 Å². The maximum absolute atomic E-state index is 5.87. The summed E-state index contributed by atoms with van der Waals surface area (Å²) in [7, 11) is 0. The van der Waals surface area contributed by atoms with E-state index in [1.807, 2.05) is 0 Å². The van der Waals surface area contributed by atoms with Gasteiger partial charge >= 0.3 is 0 Å². The fourth-order valence-electron chi connectivity index (χ4n) is 2.99. The molecule has 13 heavy (non-hydrogen) atoms. The topological polar surface area (TPSA) is 9.23 Å². The summed E-state index contributed by atoms with van der Waals surface area (Å²) in [5.74, 6) is 1.69. The Morgan fingerprint density at radius 1 is 1.46 bits per heavy atom. The van der Waals surface area contributed by atoms with Gasteiger partial charge in [-0.05, 0) is 36.5 Å². The summed E-state index contributed by atoms with van der Waals surface area (Å²) in [4.78, 5) is 0.